The number of carbonyl (C=O) groups is 1. The summed E-state index contributed by atoms with van der Waals surface area (Å²) in [7, 11) is -3.55. The van der Waals surface area contributed by atoms with Crippen molar-refractivity contribution in [1.82, 2.24) is 10.3 Å². The van der Waals surface area contributed by atoms with Gasteiger partial charge in [-0.05, 0) is 49.2 Å². The summed E-state index contributed by atoms with van der Waals surface area (Å²) < 4.78 is 23.2. The predicted molar refractivity (Wildman–Crippen MR) is 115 cm³/mol. The van der Waals surface area contributed by atoms with E-state index >= 15 is 0 Å². The number of carbonyl (C=O) groups excluding carboxylic acids is 1. The summed E-state index contributed by atoms with van der Waals surface area (Å²) in [5.41, 5.74) is 3.33. The van der Waals surface area contributed by atoms with Crippen LogP contribution in [0.15, 0.2) is 41.3 Å². The number of aromatic amines is 1. The van der Waals surface area contributed by atoms with Crippen molar-refractivity contribution in [3.05, 3.63) is 63.3 Å². The zero-order chi connectivity index (χ0) is 22.1. The van der Waals surface area contributed by atoms with E-state index in [0.717, 1.165) is 34.4 Å². The van der Waals surface area contributed by atoms with Gasteiger partial charge in [-0.2, -0.15) is 0 Å². The molecular weight excluding hydrogens is 408 g/mol. The molecule has 0 aliphatic heterocycles. The lowest BCUT2D eigenvalue weighted by Crippen LogP contribution is -2.29. The molecule has 30 heavy (non-hydrogen) atoms. The van der Waals surface area contributed by atoms with Gasteiger partial charge in [-0.15, -0.1) is 0 Å². The first-order valence-electron chi connectivity index (χ1n) is 9.17. The number of anilines is 1. The van der Waals surface area contributed by atoms with Crippen molar-refractivity contribution in [2.75, 3.05) is 24.7 Å². The van der Waals surface area contributed by atoms with Crippen LogP contribution in [0, 0.1) is 24.0 Å². The molecule has 9 nitrogen and oxygen atoms in total. The quantitative estimate of drug-likeness (QED) is 0.300. The number of H-pyrrole nitrogens is 1. The number of nitrogens with one attached hydrogen (secondary N) is 3. The van der Waals surface area contributed by atoms with Crippen molar-refractivity contribution >= 4 is 38.0 Å². The first-order chi connectivity index (χ1) is 14.1. The molecular formula is C20H22N4O5S. The molecule has 0 atom stereocenters. The molecule has 0 bridgehead atoms. The van der Waals surface area contributed by atoms with Crippen molar-refractivity contribution in [3.8, 4) is 0 Å². The molecule has 3 rings (SSSR count). The number of fused-ring (bicyclic) bond motifs is 1. The molecule has 3 aromatic rings. The molecule has 0 spiro atoms. The second kappa shape index (κ2) is 8.15. The molecule has 0 radical (unpaired) electrons. The number of hydrogen-bond donors (Lipinski definition) is 3. The molecule has 0 saturated carbocycles. The van der Waals surface area contributed by atoms with Crippen LogP contribution < -0.4 is 10.6 Å². The topological polar surface area (TPSA) is 134 Å². The van der Waals surface area contributed by atoms with E-state index in [2.05, 4.69) is 15.6 Å². The molecule has 0 unspecified atom stereocenters. The number of benzene rings is 2. The van der Waals surface area contributed by atoms with E-state index in [4.69, 9.17) is 0 Å². The van der Waals surface area contributed by atoms with Crippen LogP contribution in [0.25, 0.3) is 10.9 Å². The van der Waals surface area contributed by atoms with Crippen LogP contribution in [0.4, 0.5) is 11.4 Å². The van der Waals surface area contributed by atoms with Crippen molar-refractivity contribution < 1.29 is 18.1 Å². The van der Waals surface area contributed by atoms with Gasteiger partial charge in [0.25, 0.3) is 11.6 Å². The Morgan fingerprint density at radius 3 is 2.53 bits per heavy atom. The van der Waals surface area contributed by atoms with Gasteiger partial charge in [0.05, 0.1) is 9.82 Å². The van der Waals surface area contributed by atoms with E-state index in [1.807, 2.05) is 26.0 Å². The number of aryl methyl sites for hydroxylation is 2. The van der Waals surface area contributed by atoms with Gasteiger partial charge in [0.2, 0.25) is 0 Å². The molecule has 0 fully saturated rings. The van der Waals surface area contributed by atoms with Crippen LogP contribution in [0.1, 0.15) is 21.6 Å². The highest BCUT2D eigenvalue weighted by Gasteiger charge is 2.18. The minimum atomic E-state index is -3.55. The van der Waals surface area contributed by atoms with E-state index in [-0.39, 0.29) is 35.3 Å². The highest BCUT2D eigenvalue weighted by Crippen LogP contribution is 2.27. The Morgan fingerprint density at radius 2 is 1.87 bits per heavy atom. The smallest absolute Gasteiger partial charge is 0.293 e. The zero-order valence-corrected chi connectivity index (χ0v) is 17.6. The van der Waals surface area contributed by atoms with Crippen molar-refractivity contribution in [1.29, 1.82) is 0 Å². The first kappa shape index (κ1) is 21.3. The number of aromatic nitrogens is 1. The van der Waals surface area contributed by atoms with Gasteiger partial charge in [0, 0.05) is 36.3 Å². The number of sulfone groups is 1. The van der Waals surface area contributed by atoms with Crippen LogP contribution in [-0.4, -0.2) is 43.6 Å². The SMILES string of the molecule is Cc1cc(C)c2cc(C(=O)NCCNc3ccc(S(C)(=O)=O)cc3[N+](=O)[O-])[nH]c2c1. The zero-order valence-electron chi connectivity index (χ0n) is 16.8. The van der Waals surface area contributed by atoms with Gasteiger partial charge in [0.15, 0.2) is 9.84 Å². The van der Waals surface area contributed by atoms with E-state index in [1.54, 1.807) is 6.07 Å². The number of nitro benzene ring substituents is 1. The van der Waals surface area contributed by atoms with Crippen molar-refractivity contribution in [2.24, 2.45) is 0 Å². The third kappa shape index (κ3) is 4.60. The molecule has 0 aliphatic rings. The fourth-order valence-corrected chi connectivity index (χ4v) is 3.87. The Balaban J connectivity index is 1.64. The van der Waals surface area contributed by atoms with Gasteiger partial charge in [-0.3, -0.25) is 14.9 Å². The maximum atomic E-state index is 12.4. The van der Waals surface area contributed by atoms with Crippen molar-refractivity contribution in [2.45, 2.75) is 18.7 Å². The van der Waals surface area contributed by atoms with Crippen LogP contribution >= 0.6 is 0 Å². The van der Waals surface area contributed by atoms with Crippen LogP contribution in [0.5, 0.6) is 0 Å². The summed E-state index contributed by atoms with van der Waals surface area (Å²) in [6, 6.07) is 9.48. The normalized spacial score (nSPS) is 11.4. The summed E-state index contributed by atoms with van der Waals surface area (Å²) in [5.74, 6) is -0.285. The Hall–Kier alpha value is -3.40. The summed E-state index contributed by atoms with van der Waals surface area (Å²) >= 11 is 0. The molecule has 1 aromatic heterocycles. The third-order valence-corrected chi connectivity index (χ3v) is 5.76. The number of hydrogen-bond acceptors (Lipinski definition) is 6. The molecule has 1 amide bonds. The monoisotopic (exact) mass is 430 g/mol. The molecule has 10 heteroatoms. The Labute approximate surface area is 173 Å². The highest BCUT2D eigenvalue weighted by atomic mass is 32.2. The number of amides is 1. The summed E-state index contributed by atoms with van der Waals surface area (Å²) in [6.45, 7) is 4.41. The van der Waals surface area contributed by atoms with E-state index in [9.17, 15) is 23.3 Å². The fraction of sp³-hybridized carbons (Fsp3) is 0.250. The summed E-state index contributed by atoms with van der Waals surface area (Å²) in [4.78, 5) is 26.0. The molecule has 2 aromatic carbocycles. The summed E-state index contributed by atoms with van der Waals surface area (Å²) in [5, 5.41) is 17.8. The van der Waals surface area contributed by atoms with Gasteiger partial charge in [-0.1, -0.05) is 6.07 Å². The lowest BCUT2D eigenvalue weighted by atomic mass is 10.1. The summed E-state index contributed by atoms with van der Waals surface area (Å²) in [6.07, 6.45) is 0.988. The van der Waals surface area contributed by atoms with E-state index < -0.39 is 14.8 Å². The largest absolute Gasteiger partial charge is 0.378 e. The Bertz CT molecular complexity index is 1250. The van der Waals surface area contributed by atoms with Crippen LogP contribution in [0.2, 0.25) is 0 Å². The maximum absolute atomic E-state index is 12.4. The van der Waals surface area contributed by atoms with Gasteiger partial charge in [0.1, 0.15) is 11.4 Å². The molecule has 0 saturated heterocycles. The maximum Gasteiger partial charge on any atom is 0.293 e. The number of nitro groups is 1. The average molecular weight is 430 g/mol. The molecule has 1 heterocycles. The molecule has 0 aliphatic carbocycles. The lowest BCUT2D eigenvalue weighted by molar-refractivity contribution is -0.384. The second-order valence-electron chi connectivity index (χ2n) is 7.12. The number of nitrogens with zero attached hydrogens (tertiary/aromatic N) is 1. The van der Waals surface area contributed by atoms with Crippen molar-refractivity contribution in [3.63, 3.8) is 0 Å². The van der Waals surface area contributed by atoms with Crippen LogP contribution in [-0.2, 0) is 9.84 Å². The minimum Gasteiger partial charge on any atom is -0.378 e. The predicted octanol–water partition coefficient (Wildman–Crippen LogP) is 2.94. The minimum absolute atomic E-state index is 0.127. The molecule has 3 N–H and O–H groups in total. The molecule has 158 valence electrons. The van der Waals surface area contributed by atoms with Gasteiger partial charge < -0.3 is 15.6 Å². The fourth-order valence-electron chi connectivity index (χ4n) is 3.23. The van der Waals surface area contributed by atoms with E-state index in [0.29, 0.717) is 5.69 Å². The highest BCUT2D eigenvalue weighted by molar-refractivity contribution is 7.90. The first-order valence-corrected chi connectivity index (χ1v) is 11.1. The Morgan fingerprint density at radius 1 is 1.13 bits per heavy atom. The van der Waals surface area contributed by atoms with Gasteiger partial charge >= 0.3 is 0 Å². The Kier molecular flexibility index (Phi) is 5.79. The van der Waals surface area contributed by atoms with Crippen LogP contribution in [0.3, 0.4) is 0 Å². The van der Waals surface area contributed by atoms with E-state index in [1.165, 1.54) is 12.1 Å². The van der Waals surface area contributed by atoms with Gasteiger partial charge in [-0.25, -0.2) is 8.42 Å². The number of rotatable bonds is 7. The third-order valence-electron chi connectivity index (χ3n) is 4.65. The average Bonchev–Trinajstić information content (AvgIpc) is 3.08. The standard InChI is InChI=1S/C20H22N4O5S/c1-12-8-13(2)15-11-18(23-17(15)9-12)20(25)22-7-6-21-16-5-4-14(30(3,28)29)10-19(16)24(26)27/h4-5,8-11,21,23H,6-7H2,1-3H3,(H,22,25). The lowest BCUT2D eigenvalue weighted by Gasteiger charge is -2.09. The second-order valence-corrected chi connectivity index (χ2v) is 9.13.